The number of nitrogens with one attached hydrogen (secondary N) is 1. The highest BCUT2D eigenvalue weighted by atomic mass is 79.9. The number of anilines is 1. The van der Waals surface area contributed by atoms with Gasteiger partial charge in [-0.05, 0) is 79.0 Å². The molecule has 206 valence electrons. The monoisotopic (exact) mass is 589 g/mol. The minimum absolute atomic E-state index is 0.172. The summed E-state index contributed by atoms with van der Waals surface area (Å²) in [5.74, 6) is -1.17. The minimum Gasteiger partial charge on any atom is -0.353 e. The van der Waals surface area contributed by atoms with E-state index in [0.717, 1.165) is 80.1 Å². The third-order valence-corrected chi connectivity index (χ3v) is 7.96. The first-order valence-electron chi connectivity index (χ1n) is 13.6. The zero-order chi connectivity index (χ0) is 27.1. The van der Waals surface area contributed by atoms with Gasteiger partial charge >= 0.3 is 0 Å². The molecule has 2 aromatic rings. The van der Waals surface area contributed by atoms with Crippen LogP contribution in [-0.4, -0.2) is 72.5 Å². The summed E-state index contributed by atoms with van der Waals surface area (Å²) in [5, 5.41) is 3.44. The summed E-state index contributed by atoms with van der Waals surface area (Å²) in [6.45, 7) is 10.6. The number of allylic oxidation sites excluding steroid dienone is 1. The summed E-state index contributed by atoms with van der Waals surface area (Å²) in [4.78, 5) is 24.8. The van der Waals surface area contributed by atoms with Crippen LogP contribution in [0, 0.1) is 11.6 Å². The quantitative estimate of drug-likeness (QED) is 0.398. The van der Waals surface area contributed by atoms with Crippen molar-refractivity contribution < 1.29 is 13.6 Å². The maximum Gasteiger partial charge on any atom is 0.256 e. The van der Waals surface area contributed by atoms with Crippen LogP contribution in [0.4, 0.5) is 14.6 Å². The second-order valence-electron chi connectivity index (χ2n) is 10.3. The van der Waals surface area contributed by atoms with Gasteiger partial charge in [-0.1, -0.05) is 31.1 Å². The number of rotatable bonds is 9. The lowest BCUT2D eigenvalue weighted by molar-refractivity contribution is 0.0757. The van der Waals surface area contributed by atoms with Gasteiger partial charge in [-0.3, -0.25) is 9.69 Å². The minimum atomic E-state index is -0.915. The van der Waals surface area contributed by atoms with Crippen molar-refractivity contribution >= 4 is 27.7 Å². The van der Waals surface area contributed by atoms with Gasteiger partial charge in [0.05, 0.1) is 10.0 Å². The van der Waals surface area contributed by atoms with Gasteiger partial charge in [0.25, 0.3) is 5.91 Å². The standard InChI is InChI=1S/C29H38BrF2N5O/c1-3-4-5-21(2)19-37(20-22-6-7-26(31)27(32)16-22)29(38)23-17-25(30)28(34-18-23)36-14-12-35(13-15-36)24-8-10-33-11-9-24/h5-7,16-18,24,33H,3-4,8-15,19-20H2,1-2H3/b21-5+. The second-order valence-corrected chi connectivity index (χ2v) is 11.1. The lowest BCUT2D eigenvalue weighted by Gasteiger charge is -2.41. The van der Waals surface area contributed by atoms with Crippen LogP contribution >= 0.6 is 15.9 Å². The largest absolute Gasteiger partial charge is 0.353 e. The number of unbranched alkanes of at least 4 members (excludes halogenated alkanes) is 1. The van der Waals surface area contributed by atoms with Crippen molar-refractivity contribution in [1.29, 1.82) is 0 Å². The molecule has 4 rings (SSSR count). The molecule has 0 spiro atoms. The van der Waals surface area contributed by atoms with Crippen LogP contribution in [-0.2, 0) is 6.54 Å². The number of carbonyl (C=O) groups excluding carboxylic acids is 1. The van der Waals surface area contributed by atoms with E-state index in [2.05, 4.69) is 49.0 Å². The lowest BCUT2D eigenvalue weighted by atomic mass is 10.0. The van der Waals surface area contributed by atoms with E-state index < -0.39 is 11.6 Å². The molecule has 2 saturated heterocycles. The van der Waals surface area contributed by atoms with Crippen molar-refractivity contribution in [3.63, 3.8) is 0 Å². The highest BCUT2D eigenvalue weighted by Crippen LogP contribution is 2.27. The molecule has 2 aliphatic heterocycles. The van der Waals surface area contributed by atoms with Crippen LogP contribution in [0.1, 0.15) is 55.5 Å². The average Bonchev–Trinajstić information content (AvgIpc) is 2.93. The van der Waals surface area contributed by atoms with Crippen molar-refractivity contribution in [2.45, 2.75) is 52.1 Å². The highest BCUT2D eigenvalue weighted by Gasteiger charge is 2.27. The predicted octanol–water partition coefficient (Wildman–Crippen LogP) is 5.39. The Balaban J connectivity index is 1.47. The van der Waals surface area contributed by atoms with E-state index in [1.54, 1.807) is 11.1 Å². The Labute approximate surface area is 233 Å². The molecular formula is C29H38BrF2N5O. The van der Waals surface area contributed by atoms with E-state index in [0.29, 0.717) is 23.7 Å². The molecule has 1 N–H and O–H groups in total. The Morgan fingerprint density at radius 3 is 2.55 bits per heavy atom. The van der Waals surface area contributed by atoms with Crippen LogP contribution in [0.15, 0.2) is 46.6 Å². The molecule has 9 heteroatoms. The summed E-state index contributed by atoms with van der Waals surface area (Å²) in [7, 11) is 0. The Bertz CT molecular complexity index is 1130. The summed E-state index contributed by atoms with van der Waals surface area (Å²) >= 11 is 3.66. The predicted molar refractivity (Wildman–Crippen MR) is 151 cm³/mol. The molecule has 38 heavy (non-hydrogen) atoms. The Morgan fingerprint density at radius 2 is 1.89 bits per heavy atom. The first-order valence-corrected chi connectivity index (χ1v) is 14.4. The zero-order valence-corrected chi connectivity index (χ0v) is 23.9. The van der Waals surface area contributed by atoms with Crippen LogP contribution in [0.2, 0.25) is 0 Å². The van der Waals surface area contributed by atoms with Crippen molar-refractivity contribution in [3.8, 4) is 0 Å². The van der Waals surface area contributed by atoms with Crippen LogP contribution in [0.3, 0.4) is 0 Å². The van der Waals surface area contributed by atoms with E-state index in [9.17, 15) is 13.6 Å². The Hall–Kier alpha value is -2.36. The third-order valence-electron chi connectivity index (χ3n) is 7.37. The molecular weight excluding hydrogens is 552 g/mol. The number of halogens is 3. The van der Waals surface area contributed by atoms with Gasteiger partial charge < -0.3 is 15.1 Å². The molecule has 1 aromatic heterocycles. The summed E-state index contributed by atoms with van der Waals surface area (Å²) in [5.41, 5.74) is 2.05. The molecule has 0 radical (unpaired) electrons. The number of piperidine rings is 1. The number of hydrogen-bond acceptors (Lipinski definition) is 5. The van der Waals surface area contributed by atoms with E-state index in [1.165, 1.54) is 18.9 Å². The maximum absolute atomic E-state index is 13.9. The third kappa shape index (κ3) is 7.39. The first kappa shape index (κ1) is 28.6. The van der Waals surface area contributed by atoms with Gasteiger partial charge in [0.2, 0.25) is 0 Å². The van der Waals surface area contributed by atoms with Crippen molar-refractivity contribution in [3.05, 3.63) is 69.3 Å². The van der Waals surface area contributed by atoms with Gasteiger partial charge in [-0.2, -0.15) is 0 Å². The summed E-state index contributed by atoms with van der Waals surface area (Å²) in [6.07, 6.45) is 8.09. The molecule has 2 aliphatic rings. The molecule has 0 bridgehead atoms. The number of piperazine rings is 1. The summed E-state index contributed by atoms with van der Waals surface area (Å²) in [6, 6.07) is 6.26. The molecule has 0 saturated carbocycles. The molecule has 1 aromatic carbocycles. The van der Waals surface area contributed by atoms with Crippen LogP contribution in [0.5, 0.6) is 0 Å². The number of amides is 1. The fourth-order valence-electron chi connectivity index (χ4n) is 5.25. The number of aromatic nitrogens is 1. The van der Waals surface area contributed by atoms with Crippen molar-refractivity contribution in [2.75, 3.05) is 50.7 Å². The van der Waals surface area contributed by atoms with Crippen molar-refractivity contribution in [2.24, 2.45) is 0 Å². The number of benzene rings is 1. The molecule has 1 amide bonds. The number of nitrogens with zero attached hydrogens (tertiary/aromatic N) is 4. The van der Waals surface area contributed by atoms with E-state index in [4.69, 9.17) is 0 Å². The lowest BCUT2D eigenvalue weighted by Crippen LogP contribution is -2.53. The van der Waals surface area contributed by atoms with Crippen LogP contribution in [0.25, 0.3) is 0 Å². The fourth-order valence-corrected chi connectivity index (χ4v) is 5.85. The molecule has 0 atom stereocenters. The fraction of sp³-hybridized carbons (Fsp3) is 0.517. The van der Waals surface area contributed by atoms with Gasteiger partial charge in [0.1, 0.15) is 5.82 Å². The molecule has 3 heterocycles. The van der Waals surface area contributed by atoms with Gasteiger partial charge in [-0.25, -0.2) is 13.8 Å². The molecule has 0 unspecified atom stereocenters. The molecule has 6 nitrogen and oxygen atoms in total. The van der Waals surface area contributed by atoms with E-state index in [-0.39, 0.29) is 12.5 Å². The smallest absolute Gasteiger partial charge is 0.256 e. The average molecular weight is 591 g/mol. The number of carbonyl (C=O) groups is 1. The number of pyridine rings is 1. The second kappa shape index (κ2) is 13.6. The van der Waals surface area contributed by atoms with Gasteiger partial charge in [0.15, 0.2) is 11.6 Å². The summed E-state index contributed by atoms with van der Waals surface area (Å²) < 4.78 is 28.1. The topological polar surface area (TPSA) is 51.7 Å². The normalized spacial score (nSPS) is 17.6. The Kier molecular flexibility index (Phi) is 10.3. The first-order chi connectivity index (χ1) is 18.4. The van der Waals surface area contributed by atoms with E-state index >= 15 is 0 Å². The van der Waals surface area contributed by atoms with E-state index in [1.807, 2.05) is 13.0 Å². The van der Waals surface area contributed by atoms with Gasteiger partial charge in [-0.15, -0.1) is 0 Å². The molecule has 0 aliphatic carbocycles. The Morgan fingerprint density at radius 1 is 1.16 bits per heavy atom. The van der Waals surface area contributed by atoms with Crippen LogP contribution < -0.4 is 10.2 Å². The molecule has 2 fully saturated rings. The van der Waals surface area contributed by atoms with Crippen molar-refractivity contribution in [1.82, 2.24) is 20.1 Å². The maximum atomic E-state index is 13.9. The number of hydrogen-bond donors (Lipinski definition) is 1. The highest BCUT2D eigenvalue weighted by molar-refractivity contribution is 9.10. The SMILES string of the molecule is CCC/C=C(\C)CN(Cc1ccc(F)c(F)c1)C(=O)c1cnc(N2CCN(C3CCNCC3)CC2)c(Br)c1. The van der Waals surface area contributed by atoms with Gasteiger partial charge in [0, 0.05) is 51.5 Å². The zero-order valence-electron chi connectivity index (χ0n) is 22.4.